The van der Waals surface area contributed by atoms with Crippen LogP contribution in [0.3, 0.4) is 0 Å². The number of carbonyl (C=O) groups excluding carboxylic acids is 1. The van der Waals surface area contributed by atoms with Crippen molar-refractivity contribution in [2.75, 3.05) is 26.3 Å². The molecule has 36 heavy (non-hydrogen) atoms. The van der Waals surface area contributed by atoms with Gasteiger partial charge in [0.15, 0.2) is 0 Å². The van der Waals surface area contributed by atoms with Gasteiger partial charge in [0.05, 0.1) is 24.5 Å². The summed E-state index contributed by atoms with van der Waals surface area (Å²) in [6.07, 6.45) is 6.03. The molecule has 1 radical (unpaired) electrons. The van der Waals surface area contributed by atoms with E-state index in [2.05, 4.69) is 36.1 Å². The SMILES string of the molecule is O=C(O)c1ccc2c(C3CCCCC3)c3n(c2c1)C[C@]1(C(=O)N2CCOCC2)[B][C@@H]1c1ccccc1-3. The molecule has 7 heteroatoms. The zero-order chi connectivity index (χ0) is 24.4. The van der Waals surface area contributed by atoms with Gasteiger partial charge >= 0.3 is 5.97 Å². The lowest BCUT2D eigenvalue weighted by Gasteiger charge is -2.32. The fourth-order valence-corrected chi connectivity index (χ4v) is 7.11. The van der Waals surface area contributed by atoms with Crippen molar-refractivity contribution in [3.05, 3.63) is 59.2 Å². The van der Waals surface area contributed by atoms with Gasteiger partial charge in [-0.05, 0) is 47.8 Å². The maximum atomic E-state index is 14.0. The fraction of sp³-hybridized carbons (Fsp3) is 0.448. The molecule has 0 unspecified atom stereocenters. The van der Waals surface area contributed by atoms with Crippen LogP contribution in [0.25, 0.3) is 22.2 Å². The van der Waals surface area contributed by atoms with Gasteiger partial charge in [-0.2, -0.15) is 0 Å². The second-order valence-corrected chi connectivity index (χ2v) is 10.9. The predicted octanol–water partition coefficient (Wildman–Crippen LogP) is 4.84. The first kappa shape index (κ1) is 22.2. The number of benzene rings is 2. The van der Waals surface area contributed by atoms with Gasteiger partial charge in [-0.15, -0.1) is 0 Å². The minimum absolute atomic E-state index is 0.0702. The maximum absolute atomic E-state index is 14.0. The van der Waals surface area contributed by atoms with Crippen LogP contribution in [0.4, 0.5) is 0 Å². The molecular formula is C29H30BN2O4. The molecule has 2 saturated heterocycles. The Bertz CT molecular complexity index is 1390. The first-order chi connectivity index (χ1) is 17.6. The van der Waals surface area contributed by atoms with Crippen molar-refractivity contribution in [3.63, 3.8) is 0 Å². The molecule has 0 bridgehead atoms. The van der Waals surface area contributed by atoms with E-state index in [0.717, 1.165) is 23.7 Å². The van der Waals surface area contributed by atoms with Crippen LogP contribution in [0.1, 0.15) is 65.3 Å². The highest BCUT2D eigenvalue weighted by molar-refractivity contribution is 6.64. The maximum Gasteiger partial charge on any atom is 0.335 e. The molecule has 1 aromatic heterocycles. The van der Waals surface area contributed by atoms with E-state index in [1.165, 1.54) is 41.6 Å². The van der Waals surface area contributed by atoms with Gasteiger partial charge in [0, 0.05) is 41.4 Å². The van der Waals surface area contributed by atoms with Crippen LogP contribution in [0, 0.1) is 0 Å². The minimum atomic E-state index is -0.921. The third kappa shape index (κ3) is 3.21. The Hall–Kier alpha value is -3.06. The molecular weight excluding hydrogens is 451 g/mol. The zero-order valence-corrected chi connectivity index (χ0v) is 20.4. The Kier molecular flexibility index (Phi) is 5.07. The zero-order valence-electron chi connectivity index (χ0n) is 20.4. The van der Waals surface area contributed by atoms with Crippen molar-refractivity contribution >= 4 is 30.1 Å². The second kappa shape index (κ2) is 8.24. The van der Waals surface area contributed by atoms with E-state index in [1.807, 2.05) is 17.0 Å². The van der Waals surface area contributed by atoms with Crippen LogP contribution >= 0.6 is 0 Å². The van der Waals surface area contributed by atoms with E-state index >= 15 is 0 Å². The van der Waals surface area contributed by atoms with Crippen molar-refractivity contribution in [2.24, 2.45) is 0 Å². The highest BCUT2D eigenvalue weighted by Crippen LogP contribution is 2.65. The van der Waals surface area contributed by atoms with Gasteiger partial charge < -0.3 is 19.3 Å². The lowest BCUT2D eigenvalue weighted by Crippen LogP contribution is -2.44. The van der Waals surface area contributed by atoms with Crippen LogP contribution in [0.15, 0.2) is 42.5 Å². The molecule has 183 valence electrons. The normalized spacial score (nSPS) is 25.3. The Morgan fingerprint density at radius 3 is 2.58 bits per heavy atom. The predicted molar refractivity (Wildman–Crippen MR) is 139 cm³/mol. The van der Waals surface area contributed by atoms with E-state index in [1.54, 1.807) is 6.07 Å². The summed E-state index contributed by atoms with van der Waals surface area (Å²) in [7, 11) is 2.22. The lowest BCUT2D eigenvalue weighted by atomic mass is 9.80. The number of amides is 1. The number of carboxylic acid groups (broad SMARTS) is 1. The van der Waals surface area contributed by atoms with Gasteiger partial charge in [-0.1, -0.05) is 49.6 Å². The fourth-order valence-electron chi connectivity index (χ4n) is 7.11. The number of hydrogen-bond acceptors (Lipinski definition) is 3. The van der Waals surface area contributed by atoms with Crippen LogP contribution in [-0.4, -0.2) is 60.0 Å². The summed E-state index contributed by atoms with van der Waals surface area (Å²) in [6, 6.07) is 14.1. The summed E-state index contributed by atoms with van der Waals surface area (Å²) >= 11 is 0. The number of aromatic carboxylic acids is 1. The largest absolute Gasteiger partial charge is 0.478 e. The number of rotatable bonds is 3. The molecule has 2 atom stereocenters. The smallest absolute Gasteiger partial charge is 0.335 e. The number of nitrogens with zero attached hydrogens (tertiary/aromatic N) is 2. The van der Waals surface area contributed by atoms with E-state index in [4.69, 9.17) is 4.74 Å². The molecule has 0 spiro atoms. The van der Waals surface area contributed by atoms with Crippen molar-refractivity contribution in [3.8, 4) is 11.3 Å². The van der Waals surface area contributed by atoms with Crippen molar-refractivity contribution in [1.82, 2.24) is 9.47 Å². The molecule has 2 aromatic carbocycles. The average molecular weight is 481 g/mol. The van der Waals surface area contributed by atoms with Gasteiger partial charge in [0.1, 0.15) is 7.28 Å². The Balaban J connectivity index is 1.47. The van der Waals surface area contributed by atoms with Crippen LogP contribution in [-0.2, 0) is 16.1 Å². The quantitative estimate of drug-likeness (QED) is 0.544. The monoisotopic (exact) mass is 481 g/mol. The number of carboxylic acids is 1. The molecule has 1 saturated carbocycles. The second-order valence-electron chi connectivity index (χ2n) is 10.9. The minimum Gasteiger partial charge on any atom is -0.478 e. The topological polar surface area (TPSA) is 71.8 Å². The highest BCUT2D eigenvalue weighted by atomic mass is 16.5. The summed E-state index contributed by atoms with van der Waals surface area (Å²) in [5, 5.41) is 10.3. The number of carbonyl (C=O) groups is 2. The molecule has 3 aliphatic heterocycles. The van der Waals surface area contributed by atoms with Gasteiger partial charge in [0.25, 0.3) is 0 Å². The summed E-state index contributed by atoms with van der Waals surface area (Å²) in [5.74, 6) is -0.226. The number of hydrogen-bond donors (Lipinski definition) is 1. The Morgan fingerprint density at radius 1 is 1.03 bits per heavy atom. The van der Waals surface area contributed by atoms with Gasteiger partial charge in [-0.3, -0.25) is 4.79 Å². The van der Waals surface area contributed by atoms with Gasteiger partial charge in [0.2, 0.25) is 5.91 Å². The van der Waals surface area contributed by atoms with Crippen LogP contribution in [0.2, 0.25) is 5.31 Å². The highest BCUT2D eigenvalue weighted by Gasteiger charge is 2.64. The van der Waals surface area contributed by atoms with Crippen molar-refractivity contribution in [2.45, 2.75) is 55.7 Å². The van der Waals surface area contributed by atoms with Crippen LogP contribution < -0.4 is 0 Å². The number of aromatic nitrogens is 1. The van der Waals surface area contributed by atoms with Crippen LogP contribution in [0.5, 0.6) is 0 Å². The summed E-state index contributed by atoms with van der Waals surface area (Å²) in [5.41, 5.74) is 6.20. The standard InChI is InChI=1S/C29H30BN2O4/c33-27(34)19-10-11-22-23(16-19)32-17-29(28(35)31-12-14-36-15-13-31)26(30-29)21-9-5-4-8-20(21)25(32)24(22)18-6-2-1-3-7-18/h4-5,8-11,16,18,26H,1-3,6-7,12-15,17H2,(H,33,34)/t26-,29+/m1/s1. The summed E-state index contributed by atoms with van der Waals surface area (Å²) in [6.45, 7) is 2.95. The number of ether oxygens (including phenoxy) is 1. The molecule has 3 aromatic rings. The molecule has 4 heterocycles. The number of fused-ring (bicyclic) bond motifs is 7. The summed E-state index contributed by atoms with van der Waals surface area (Å²) < 4.78 is 7.82. The van der Waals surface area contributed by atoms with Crippen molar-refractivity contribution in [1.29, 1.82) is 0 Å². The summed E-state index contributed by atoms with van der Waals surface area (Å²) in [4.78, 5) is 28.0. The molecule has 1 aliphatic carbocycles. The van der Waals surface area contributed by atoms with Gasteiger partial charge in [-0.25, -0.2) is 4.79 Å². The molecule has 1 N–H and O–H groups in total. The first-order valence-corrected chi connectivity index (χ1v) is 13.3. The molecule has 6 nitrogen and oxygen atoms in total. The molecule has 7 rings (SSSR count). The van der Waals surface area contributed by atoms with E-state index in [9.17, 15) is 14.7 Å². The van der Waals surface area contributed by atoms with E-state index < -0.39 is 11.3 Å². The van der Waals surface area contributed by atoms with E-state index in [0.29, 0.717) is 44.3 Å². The Morgan fingerprint density at radius 2 is 1.81 bits per heavy atom. The number of morpholine rings is 1. The lowest BCUT2D eigenvalue weighted by molar-refractivity contribution is -0.137. The Labute approximate surface area is 211 Å². The third-order valence-electron chi connectivity index (χ3n) is 8.94. The molecule has 1 amide bonds. The molecule has 3 fully saturated rings. The average Bonchev–Trinajstić information content (AvgIpc) is 3.59. The van der Waals surface area contributed by atoms with E-state index in [-0.39, 0.29) is 11.7 Å². The first-order valence-electron chi connectivity index (χ1n) is 13.3. The molecule has 4 aliphatic rings. The van der Waals surface area contributed by atoms with Crippen molar-refractivity contribution < 1.29 is 19.4 Å². The third-order valence-corrected chi connectivity index (χ3v) is 8.94.